The number of hydrogen-bond acceptors (Lipinski definition) is 3. The molecular weight excluding hydrogens is 322 g/mol. The molecule has 0 heterocycles. The molecule has 0 aliphatic carbocycles. The Hall–Kier alpha value is -1.56. The predicted molar refractivity (Wildman–Crippen MR) is 88.5 cm³/mol. The zero-order chi connectivity index (χ0) is 16.0. The second-order valence-electron chi connectivity index (χ2n) is 5.02. The Kier molecular flexibility index (Phi) is 5.83. The molecule has 2 aromatic carbocycles. The van der Waals surface area contributed by atoms with Crippen molar-refractivity contribution in [2.24, 2.45) is 0 Å². The van der Waals surface area contributed by atoms with Gasteiger partial charge in [0.05, 0.1) is 5.75 Å². The van der Waals surface area contributed by atoms with Gasteiger partial charge in [-0.25, -0.2) is 13.1 Å². The third kappa shape index (κ3) is 5.33. The molecule has 118 valence electrons. The van der Waals surface area contributed by atoms with Gasteiger partial charge >= 0.3 is 0 Å². The highest BCUT2D eigenvalue weighted by molar-refractivity contribution is 7.88. The minimum absolute atomic E-state index is 0.126. The fourth-order valence-electron chi connectivity index (χ4n) is 2.10. The summed E-state index contributed by atoms with van der Waals surface area (Å²) in [5.41, 5.74) is 1.56. The maximum Gasteiger partial charge on any atom is 0.215 e. The van der Waals surface area contributed by atoms with E-state index >= 15 is 0 Å². The molecular formula is C16H18ClNO3S. The molecule has 6 heteroatoms. The number of aryl methyl sites for hydroxylation is 1. The Balaban J connectivity index is 1.82. The van der Waals surface area contributed by atoms with Crippen LogP contribution in [0.15, 0.2) is 48.5 Å². The molecule has 2 aromatic rings. The number of aromatic hydroxyl groups is 1. The van der Waals surface area contributed by atoms with Crippen molar-refractivity contribution in [1.82, 2.24) is 4.72 Å². The third-order valence-corrected chi connectivity index (χ3v) is 4.88. The lowest BCUT2D eigenvalue weighted by atomic mass is 10.1. The van der Waals surface area contributed by atoms with Crippen LogP contribution < -0.4 is 4.72 Å². The van der Waals surface area contributed by atoms with Crippen LogP contribution in [-0.4, -0.2) is 20.1 Å². The van der Waals surface area contributed by atoms with Gasteiger partial charge in [-0.3, -0.25) is 0 Å². The van der Waals surface area contributed by atoms with Crippen molar-refractivity contribution in [3.8, 4) is 5.75 Å². The number of hydrogen-bond donors (Lipinski definition) is 2. The fraction of sp³-hybridized carbons (Fsp3) is 0.250. The number of halogens is 1. The number of rotatable bonds is 7. The second-order valence-corrected chi connectivity index (χ2v) is 7.23. The van der Waals surface area contributed by atoms with E-state index in [4.69, 9.17) is 11.6 Å². The van der Waals surface area contributed by atoms with Crippen molar-refractivity contribution in [3.05, 3.63) is 64.7 Å². The maximum absolute atomic E-state index is 12.0. The summed E-state index contributed by atoms with van der Waals surface area (Å²) in [6.45, 7) is 0.350. The molecule has 2 N–H and O–H groups in total. The molecule has 4 nitrogen and oxygen atoms in total. The van der Waals surface area contributed by atoms with Crippen molar-refractivity contribution in [1.29, 1.82) is 0 Å². The van der Waals surface area contributed by atoms with Gasteiger partial charge in [0.25, 0.3) is 0 Å². The average molecular weight is 340 g/mol. The van der Waals surface area contributed by atoms with Crippen LogP contribution in [0.25, 0.3) is 0 Å². The van der Waals surface area contributed by atoms with E-state index in [-0.39, 0.29) is 11.5 Å². The molecule has 0 aromatic heterocycles. The summed E-state index contributed by atoms with van der Waals surface area (Å²) < 4.78 is 26.6. The van der Waals surface area contributed by atoms with Gasteiger partial charge in [-0.1, -0.05) is 41.9 Å². The minimum atomic E-state index is -3.40. The average Bonchev–Trinajstić information content (AvgIpc) is 2.46. The Morgan fingerprint density at radius 1 is 1.09 bits per heavy atom. The van der Waals surface area contributed by atoms with E-state index < -0.39 is 10.0 Å². The molecule has 0 atom stereocenters. The lowest BCUT2D eigenvalue weighted by molar-refractivity contribution is 0.474. The number of benzene rings is 2. The van der Waals surface area contributed by atoms with Crippen LogP contribution in [0.1, 0.15) is 17.5 Å². The van der Waals surface area contributed by atoms with Crippen LogP contribution in [0, 0.1) is 0 Å². The van der Waals surface area contributed by atoms with E-state index in [1.165, 1.54) is 0 Å². The van der Waals surface area contributed by atoms with Gasteiger partial charge in [-0.05, 0) is 42.2 Å². The highest BCUT2D eigenvalue weighted by atomic mass is 35.5. The van der Waals surface area contributed by atoms with Gasteiger partial charge in [-0.15, -0.1) is 0 Å². The Morgan fingerprint density at radius 2 is 1.86 bits per heavy atom. The first-order valence-corrected chi connectivity index (χ1v) is 8.98. The van der Waals surface area contributed by atoms with Crippen molar-refractivity contribution in [2.75, 3.05) is 6.54 Å². The first kappa shape index (κ1) is 16.8. The summed E-state index contributed by atoms with van der Waals surface area (Å²) >= 11 is 5.97. The molecule has 22 heavy (non-hydrogen) atoms. The van der Waals surface area contributed by atoms with Crippen LogP contribution >= 0.6 is 11.6 Å². The molecule has 0 saturated heterocycles. The Morgan fingerprint density at radius 3 is 2.59 bits per heavy atom. The van der Waals surface area contributed by atoms with Crippen molar-refractivity contribution in [3.63, 3.8) is 0 Å². The van der Waals surface area contributed by atoms with Crippen molar-refractivity contribution in [2.45, 2.75) is 18.6 Å². The van der Waals surface area contributed by atoms with E-state index in [0.29, 0.717) is 30.0 Å². The van der Waals surface area contributed by atoms with E-state index in [0.717, 1.165) is 5.56 Å². The summed E-state index contributed by atoms with van der Waals surface area (Å²) in [5, 5.41) is 9.82. The first-order chi connectivity index (χ1) is 10.5. The highest BCUT2D eigenvalue weighted by Gasteiger charge is 2.12. The zero-order valence-corrected chi connectivity index (χ0v) is 13.6. The molecule has 0 amide bonds. The Labute approximate surface area is 135 Å². The smallest absolute Gasteiger partial charge is 0.215 e. The van der Waals surface area contributed by atoms with E-state index in [1.54, 1.807) is 42.5 Å². The van der Waals surface area contributed by atoms with E-state index in [2.05, 4.69) is 4.72 Å². The molecule has 0 spiro atoms. The quantitative estimate of drug-likeness (QED) is 0.762. The molecule has 0 bridgehead atoms. The molecule has 0 aliphatic rings. The second kappa shape index (κ2) is 7.63. The third-order valence-electron chi connectivity index (χ3n) is 3.18. The van der Waals surface area contributed by atoms with Crippen molar-refractivity contribution >= 4 is 21.6 Å². The molecule has 0 fully saturated rings. The van der Waals surface area contributed by atoms with Crippen LogP contribution in [0.4, 0.5) is 0 Å². The van der Waals surface area contributed by atoms with Crippen LogP contribution in [-0.2, 0) is 22.2 Å². The van der Waals surface area contributed by atoms with Crippen LogP contribution in [0.2, 0.25) is 5.02 Å². The van der Waals surface area contributed by atoms with Crippen LogP contribution in [0.3, 0.4) is 0 Å². The lowest BCUT2D eigenvalue weighted by Crippen LogP contribution is -2.26. The predicted octanol–water partition coefficient (Wildman–Crippen LogP) is 3.10. The number of nitrogens with one attached hydrogen (secondary N) is 1. The standard InChI is InChI=1S/C16H18ClNO3S/c17-16-9-2-1-7-14(16)12-22(20,21)18-10-4-6-13-5-3-8-15(19)11-13/h1-3,5,7-9,11,18-19H,4,6,10,12H2. The molecule has 2 rings (SSSR count). The summed E-state index contributed by atoms with van der Waals surface area (Å²) in [4.78, 5) is 0. The van der Waals surface area contributed by atoms with Gasteiger partial charge in [0.2, 0.25) is 10.0 Å². The van der Waals surface area contributed by atoms with Crippen LogP contribution in [0.5, 0.6) is 5.75 Å². The number of sulfonamides is 1. The lowest BCUT2D eigenvalue weighted by Gasteiger charge is -2.08. The van der Waals surface area contributed by atoms with Gasteiger partial charge < -0.3 is 5.11 Å². The summed E-state index contributed by atoms with van der Waals surface area (Å²) in [7, 11) is -3.40. The maximum atomic E-state index is 12.0. The topological polar surface area (TPSA) is 66.4 Å². The largest absolute Gasteiger partial charge is 0.508 e. The fourth-order valence-corrected chi connectivity index (χ4v) is 3.60. The normalized spacial score (nSPS) is 11.5. The minimum Gasteiger partial charge on any atom is -0.508 e. The zero-order valence-electron chi connectivity index (χ0n) is 12.0. The Bertz CT molecular complexity index is 732. The summed E-state index contributed by atoms with van der Waals surface area (Å²) in [6.07, 6.45) is 1.36. The summed E-state index contributed by atoms with van der Waals surface area (Å²) in [5.74, 6) is 0.0931. The molecule has 0 saturated carbocycles. The number of phenolic OH excluding ortho intramolecular Hbond substituents is 1. The molecule has 0 unspecified atom stereocenters. The first-order valence-electron chi connectivity index (χ1n) is 6.95. The monoisotopic (exact) mass is 339 g/mol. The molecule has 0 radical (unpaired) electrons. The molecule has 0 aliphatic heterocycles. The van der Waals surface area contributed by atoms with Gasteiger partial charge in [-0.2, -0.15) is 0 Å². The van der Waals surface area contributed by atoms with Gasteiger partial charge in [0.15, 0.2) is 0 Å². The van der Waals surface area contributed by atoms with E-state index in [9.17, 15) is 13.5 Å². The number of phenols is 1. The van der Waals surface area contributed by atoms with E-state index in [1.807, 2.05) is 6.07 Å². The van der Waals surface area contributed by atoms with Crippen molar-refractivity contribution < 1.29 is 13.5 Å². The SMILES string of the molecule is O=S(=O)(Cc1ccccc1Cl)NCCCc1cccc(O)c1. The summed E-state index contributed by atoms with van der Waals surface area (Å²) in [6, 6.07) is 13.9. The van der Waals surface area contributed by atoms with Gasteiger partial charge in [0.1, 0.15) is 5.75 Å². The van der Waals surface area contributed by atoms with Gasteiger partial charge in [0, 0.05) is 11.6 Å². The highest BCUT2D eigenvalue weighted by Crippen LogP contribution is 2.17.